The Morgan fingerprint density at radius 3 is 2.94 bits per heavy atom. The number of nitrogens with zero attached hydrogens (tertiary/aromatic N) is 2. The fourth-order valence-corrected chi connectivity index (χ4v) is 2.93. The minimum Gasteiger partial charge on any atom is -0.468 e. The molecule has 0 aliphatic heterocycles. The van der Waals surface area contributed by atoms with E-state index in [1.807, 2.05) is 12.1 Å². The molecule has 1 aromatic heterocycles. The molecule has 1 N–H and O–H groups in total. The van der Waals surface area contributed by atoms with E-state index in [0.29, 0.717) is 0 Å². The maximum atomic E-state index is 11.3. The summed E-state index contributed by atoms with van der Waals surface area (Å²) in [6, 6.07) is 3.73. The monoisotopic (exact) mass is 424 g/mol. The number of hydrogen-bond acceptors (Lipinski definition) is 4. The molecule has 0 spiro atoms. The quantitative estimate of drug-likeness (QED) is 0.605. The van der Waals surface area contributed by atoms with Gasteiger partial charge in [0.15, 0.2) is 0 Å². The second kappa shape index (κ2) is 5.54. The first-order valence-corrected chi connectivity index (χ1v) is 6.96. The molecule has 0 aliphatic carbocycles. The van der Waals surface area contributed by atoms with Crippen molar-refractivity contribution in [1.82, 2.24) is 9.78 Å². The summed E-state index contributed by atoms with van der Waals surface area (Å²) in [6.07, 6.45) is 0. The van der Waals surface area contributed by atoms with Gasteiger partial charge >= 0.3 is 5.97 Å². The van der Waals surface area contributed by atoms with Gasteiger partial charge in [0.1, 0.15) is 10.2 Å². The van der Waals surface area contributed by atoms with Crippen LogP contribution in [0.5, 0.6) is 0 Å². The van der Waals surface area contributed by atoms with Gasteiger partial charge < -0.3 is 9.84 Å². The summed E-state index contributed by atoms with van der Waals surface area (Å²) in [6.45, 7) is -0.0798. The largest absolute Gasteiger partial charge is 0.468 e. The van der Waals surface area contributed by atoms with Crippen LogP contribution in [0.25, 0.3) is 10.9 Å². The van der Waals surface area contributed by atoms with Crippen molar-refractivity contribution >= 4 is 55.4 Å². The Kier molecular flexibility index (Phi) is 4.23. The second-order valence-corrected chi connectivity index (χ2v) is 5.58. The molecule has 1 heterocycles. The van der Waals surface area contributed by atoms with Crippen molar-refractivity contribution in [2.75, 3.05) is 7.11 Å². The number of ether oxygens (including phenoxy) is 1. The first kappa shape index (κ1) is 13.8. The molecule has 0 amide bonds. The number of fused-ring (bicyclic) bond motifs is 1. The van der Waals surface area contributed by atoms with E-state index in [2.05, 4.69) is 48.4 Å². The van der Waals surface area contributed by atoms with E-state index in [1.54, 1.807) is 4.68 Å². The van der Waals surface area contributed by atoms with Gasteiger partial charge in [-0.1, -0.05) is 15.9 Å². The van der Waals surface area contributed by atoms with Crippen molar-refractivity contribution in [1.29, 1.82) is 0 Å². The highest BCUT2D eigenvalue weighted by atomic mass is 127. The molecule has 0 radical (unpaired) electrons. The summed E-state index contributed by atoms with van der Waals surface area (Å²) in [7, 11) is 1.34. The number of aromatic nitrogens is 2. The first-order valence-electron chi connectivity index (χ1n) is 5.09. The van der Waals surface area contributed by atoms with Gasteiger partial charge in [0.2, 0.25) is 0 Å². The Morgan fingerprint density at radius 2 is 2.33 bits per heavy atom. The lowest BCUT2D eigenvalue weighted by atomic mass is 10.1. The van der Waals surface area contributed by atoms with E-state index < -0.39 is 0 Å². The Labute approximate surface area is 125 Å². The predicted octanol–water partition coefficient (Wildman–Crippen LogP) is 2.07. The number of halogens is 2. The van der Waals surface area contributed by atoms with Gasteiger partial charge in [0, 0.05) is 15.4 Å². The number of esters is 1. The van der Waals surface area contributed by atoms with Crippen molar-refractivity contribution in [3.05, 3.63) is 25.9 Å². The number of rotatable bonds is 3. The van der Waals surface area contributed by atoms with Gasteiger partial charge in [-0.25, -0.2) is 0 Å². The molecule has 18 heavy (non-hydrogen) atoms. The summed E-state index contributed by atoms with van der Waals surface area (Å²) < 4.78 is 7.84. The molecule has 0 saturated carbocycles. The van der Waals surface area contributed by atoms with Crippen LogP contribution in [0, 0.1) is 3.70 Å². The summed E-state index contributed by atoms with van der Waals surface area (Å²) in [5, 5.41) is 14.6. The van der Waals surface area contributed by atoms with E-state index >= 15 is 0 Å². The van der Waals surface area contributed by atoms with Crippen LogP contribution >= 0.6 is 38.5 Å². The molecule has 96 valence electrons. The number of aliphatic hydroxyl groups excluding tert-OH is 1. The maximum absolute atomic E-state index is 11.3. The van der Waals surface area contributed by atoms with Crippen molar-refractivity contribution in [2.45, 2.75) is 13.2 Å². The third kappa shape index (κ3) is 2.52. The zero-order chi connectivity index (χ0) is 13.3. The molecular formula is C11H10BrIN2O3. The molecule has 2 rings (SSSR count). The molecule has 0 bridgehead atoms. The number of benzene rings is 1. The Morgan fingerprint density at radius 1 is 1.61 bits per heavy atom. The number of hydrogen-bond donors (Lipinski definition) is 1. The SMILES string of the molecule is COC(=O)Cn1nc(I)c2cc(Br)cc(CO)c21. The highest BCUT2D eigenvalue weighted by molar-refractivity contribution is 14.1. The molecule has 5 nitrogen and oxygen atoms in total. The number of aliphatic hydroxyl groups is 1. The zero-order valence-electron chi connectivity index (χ0n) is 9.48. The van der Waals surface area contributed by atoms with Gasteiger partial charge in [-0.15, -0.1) is 0 Å². The molecule has 1 aromatic carbocycles. The van der Waals surface area contributed by atoms with Crippen LogP contribution in [0.4, 0.5) is 0 Å². The number of carbonyl (C=O) groups is 1. The van der Waals surface area contributed by atoms with Crippen molar-refractivity contribution in [2.24, 2.45) is 0 Å². The van der Waals surface area contributed by atoms with Crippen LogP contribution in [0.15, 0.2) is 16.6 Å². The van der Waals surface area contributed by atoms with Gasteiger partial charge in [0.25, 0.3) is 0 Å². The fourth-order valence-electron chi connectivity index (χ4n) is 1.75. The average Bonchev–Trinajstić information content (AvgIpc) is 2.65. The zero-order valence-corrected chi connectivity index (χ0v) is 13.2. The predicted molar refractivity (Wildman–Crippen MR) is 78.1 cm³/mol. The standard InChI is InChI=1S/C11H10BrIN2O3/c1-18-9(17)4-15-10-6(5-16)2-7(12)3-8(10)11(13)14-15/h2-3,16H,4-5H2,1H3. The van der Waals surface area contributed by atoms with Crippen molar-refractivity contribution in [3.8, 4) is 0 Å². The summed E-state index contributed by atoms with van der Waals surface area (Å²) in [5.41, 5.74) is 1.48. The molecule has 0 unspecified atom stereocenters. The molecule has 0 saturated heterocycles. The van der Waals surface area contributed by atoms with Crippen molar-refractivity contribution < 1.29 is 14.6 Å². The van der Waals surface area contributed by atoms with Gasteiger partial charge in [-0.05, 0) is 34.7 Å². The molecule has 2 aromatic rings. The van der Waals surface area contributed by atoms with E-state index in [1.165, 1.54) is 7.11 Å². The minimum absolute atomic E-state index is 0.0324. The highest BCUT2D eigenvalue weighted by Gasteiger charge is 2.15. The van der Waals surface area contributed by atoms with E-state index in [-0.39, 0.29) is 19.1 Å². The summed E-state index contributed by atoms with van der Waals surface area (Å²) in [5.74, 6) is -0.373. The van der Waals surface area contributed by atoms with Gasteiger partial charge in [-0.3, -0.25) is 9.48 Å². The molecule has 0 fully saturated rings. The summed E-state index contributed by atoms with van der Waals surface area (Å²) in [4.78, 5) is 11.3. The lowest BCUT2D eigenvalue weighted by Gasteiger charge is -2.06. The van der Waals surface area contributed by atoms with Gasteiger partial charge in [0.05, 0.1) is 19.2 Å². The highest BCUT2D eigenvalue weighted by Crippen LogP contribution is 2.28. The lowest BCUT2D eigenvalue weighted by molar-refractivity contribution is -0.141. The van der Waals surface area contributed by atoms with Crippen LogP contribution in [0.2, 0.25) is 0 Å². The van der Waals surface area contributed by atoms with Crippen LogP contribution in [0.1, 0.15) is 5.56 Å². The Balaban J connectivity index is 2.64. The van der Waals surface area contributed by atoms with Crippen LogP contribution in [-0.4, -0.2) is 28.0 Å². The molecule has 0 aliphatic rings. The molecule has 0 atom stereocenters. The van der Waals surface area contributed by atoms with Crippen LogP contribution < -0.4 is 0 Å². The lowest BCUT2D eigenvalue weighted by Crippen LogP contribution is -2.13. The smallest absolute Gasteiger partial charge is 0.327 e. The van der Waals surface area contributed by atoms with E-state index in [0.717, 1.165) is 24.6 Å². The normalized spacial score (nSPS) is 10.9. The number of methoxy groups -OCH3 is 1. The maximum Gasteiger partial charge on any atom is 0.327 e. The van der Waals surface area contributed by atoms with Crippen molar-refractivity contribution in [3.63, 3.8) is 0 Å². The van der Waals surface area contributed by atoms with Crippen LogP contribution in [-0.2, 0) is 22.7 Å². The van der Waals surface area contributed by atoms with Crippen LogP contribution in [0.3, 0.4) is 0 Å². The van der Waals surface area contributed by atoms with E-state index in [9.17, 15) is 9.90 Å². The average molecular weight is 425 g/mol. The Bertz CT molecular complexity index is 612. The molecular weight excluding hydrogens is 415 g/mol. The second-order valence-electron chi connectivity index (χ2n) is 3.64. The third-order valence-electron chi connectivity index (χ3n) is 2.52. The molecule has 7 heteroatoms. The topological polar surface area (TPSA) is 64.4 Å². The Hall–Kier alpha value is -0.670. The fraction of sp³-hybridized carbons (Fsp3) is 0.273. The first-order chi connectivity index (χ1) is 8.56. The van der Waals surface area contributed by atoms with Gasteiger partial charge in [-0.2, -0.15) is 5.10 Å². The van der Waals surface area contributed by atoms with E-state index in [4.69, 9.17) is 0 Å². The number of carbonyl (C=O) groups excluding carboxylic acids is 1. The minimum atomic E-state index is -0.373. The summed E-state index contributed by atoms with van der Waals surface area (Å²) >= 11 is 5.49. The third-order valence-corrected chi connectivity index (χ3v) is 3.77.